The summed E-state index contributed by atoms with van der Waals surface area (Å²) in [5, 5.41) is 0. The van der Waals surface area contributed by atoms with E-state index in [0.717, 1.165) is 0 Å². The van der Waals surface area contributed by atoms with Crippen LogP contribution in [0.4, 0.5) is 0 Å². The Balaban J connectivity index is 2.70. The SMILES string of the molecule is O=C1C=CC=CN=CC1. The molecule has 0 spiro atoms. The smallest absolute Gasteiger partial charge is 0.161 e. The van der Waals surface area contributed by atoms with E-state index in [0.29, 0.717) is 6.42 Å². The zero-order valence-electron chi connectivity index (χ0n) is 4.95. The molecule has 0 unspecified atom stereocenters. The van der Waals surface area contributed by atoms with E-state index in [9.17, 15) is 4.79 Å². The molecule has 0 aliphatic carbocycles. The highest BCUT2D eigenvalue weighted by Crippen LogP contribution is 1.88. The van der Waals surface area contributed by atoms with Crippen LogP contribution in [0.2, 0.25) is 0 Å². The fraction of sp³-hybridized carbons (Fsp3) is 0.143. The van der Waals surface area contributed by atoms with Crippen molar-refractivity contribution in [2.45, 2.75) is 6.42 Å². The van der Waals surface area contributed by atoms with Crippen molar-refractivity contribution in [1.29, 1.82) is 0 Å². The van der Waals surface area contributed by atoms with Crippen LogP contribution in [0.15, 0.2) is 29.4 Å². The number of nitrogens with zero attached hydrogens (tertiary/aromatic N) is 1. The fourth-order valence-corrected chi connectivity index (χ4v) is 0.534. The zero-order chi connectivity index (χ0) is 6.53. The van der Waals surface area contributed by atoms with Crippen LogP contribution in [0.25, 0.3) is 0 Å². The Morgan fingerprint density at radius 2 is 2.33 bits per heavy atom. The summed E-state index contributed by atoms with van der Waals surface area (Å²) >= 11 is 0. The van der Waals surface area contributed by atoms with E-state index in [-0.39, 0.29) is 5.78 Å². The fourth-order valence-electron chi connectivity index (χ4n) is 0.534. The van der Waals surface area contributed by atoms with Crippen LogP contribution in [0.1, 0.15) is 6.42 Å². The number of carbonyl (C=O) groups is 1. The maximum absolute atomic E-state index is 10.6. The lowest BCUT2D eigenvalue weighted by Crippen LogP contribution is -1.92. The first kappa shape index (κ1) is 5.95. The van der Waals surface area contributed by atoms with Crippen molar-refractivity contribution in [2.75, 3.05) is 0 Å². The van der Waals surface area contributed by atoms with E-state index >= 15 is 0 Å². The summed E-state index contributed by atoms with van der Waals surface area (Å²) in [7, 11) is 0. The van der Waals surface area contributed by atoms with Gasteiger partial charge in [0.2, 0.25) is 0 Å². The molecule has 0 aromatic rings. The van der Waals surface area contributed by atoms with Gasteiger partial charge in [0.25, 0.3) is 0 Å². The summed E-state index contributed by atoms with van der Waals surface area (Å²) in [6.45, 7) is 0. The molecule has 0 radical (unpaired) electrons. The van der Waals surface area contributed by atoms with Gasteiger partial charge in [0.05, 0.1) is 0 Å². The van der Waals surface area contributed by atoms with E-state index < -0.39 is 0 Å². The number of ketones is 1. The Hall–Kier alpha value is -1.18. The molecule has 1 aliphatic heterocycles. The number of carbonyl (C=O) groups excluding carboxylic acids is 1. The second-order valence-electron chi connectivity index (χ2n) is 1.70. The lowest BCUT2D eigenvalue weighted by molar-refractivity contribution is -0.113. The van der Waals surface area contributed by atoms with Crippen LogP contribution in [0.5, 0.6) is 0 Å². The number of hydrogen-bond acceptors (Lipinski definition) is 2. The van der Waals surface area contributed by atoms with Crippen molar-refractivity contribution in [2.24, 2.45) is 4.99 Å². The average Bonchev–Trinajstić information content (AvgIpc) is 1.79. The summed E-state index contributed by atoms with van der Waals surface area (Å²) in [5.41, 5.74) is 0. The molecule has 0 fully saturated rings. The van der Waals surface area contributed by atoms with Crippen LogP contribution in [-0.4, -0.2) is 12.0 Å². The van der Waals surface area contributed by atoms with Crippen molar-refractivity contribution < 1.29 is 4.79 Å². The number of hydrogen-bond donors (Lipinski definition) is 0. The molecule has 9 heavy (non-hydrogen) atoms. The van der Waals surface area contributed by atoms with E-state index in [1.807, 2.05) is 0 Å². The number of allylic oxidation sites excluding steroid dienone is 3. The molecule has 1 heterocycles. The van der Waals surface area contributed by atoms with Crippen molar-refractivity contribution >= 4 is 12.0 Å². The summed E-state index contributed by atoms with van der Waals surface area (Å²) in [4.78, 5) is 14.4. The van der Waals surface area contributed by atoms with Crippen LogP contribution >= 0.6 is 0 Å². The first-order valence-electron chi connectivity index (χ1n) is 2.77. The second-order valence-corrected chi connectivity index (χ2v) is 1.70. The largest absolute Gasteiger partial charge is 0.294 e. The Morgan fingerprint density at radius 3 is 3.22 bits per heavy atom. The first-order chi connectivity index (χ1) is 4.39. The molecular weight excluding hydrogens is 114 g/mol. The van der Waals surface area contributed by atoms with E-state index in [4.69, 9.17) is 0 Å². The van der Waals surface area contributed by atoms with Crippen molar-refractivity contribution in [1.82, 2.24) is 0 Å². The predicted molar refractivity (Wildman–Crippen MR) is 36.4 cm³/mol. The quantitative estimate of drug-likeness (QED) is 0.472. The molecular formula is C7H7NO. The van der Waals surface area contributed by atoms with Gasteiger partial charge in [-0.2, -0.15) is 0 Å². The van der Waals surface area contributed by atoms with Gasteiger partial charge in [-0.15, -0.1) is 0 Å². The van der Waals surface area contributed by atoms with Gasteiger partial charge in [0.15, 0.2) is 5.78 Å². The molecule has 0 aromatic heterocycles. The Labute approximate surface area is 53.6 Å². The summed E-state index contributed by atoms with van der Waals surface area (Å²) in [6, 6.07) is 0. The van der Waals surface area contributed by atoms with Crippen LogP contribution in [0, 0.1) is 0 Å². The average molecular weight is 121 g/mol. The molecule has 2 nitrogen and oxygen atoms in total. The monoisotopic (exact) mass is 121 g/mol. The third-order valence-corrected chi connectivity index (χ3v) is 0.963. The zero-order valence-corrected chi connectivity index (χ0v) is 4.95. The van der Waals surface area contributed by atoms with Gasteiger partial charge in [0.1, 0.15) is 0 Å². The van der Waals surface area contributed by atoms with Gasteiger partial charge in [-0.05, 0) is 12.2 Å². The summed E-state index contributed by atoms with van der Waals surface area (Å²) < 4.78 is 0. The lowest BCUT2D eigenvalue weighted by atomic mass is 10.2. The predicted octanol–water partition coefficient (Wildman–Crippen LogP) is 1.10. The minimum atomic E-state index is 0.100. The molecule has 0 saturated carbocycles. The van der Waals surface area contributed by atoms with Crippen LogP contribution in [0.3, 0.4) is 0 Å². The topological polar surface area (TPSA) is 29.4 Å². The minimum Gasteiger partial charge on any atom is -0.294 e. The molecule has 0 saturated heterocycles. The van der Waals surface area contributed by atoms with Gasteiger partial charge in [-0.1, -0.05) is 6.08 Å². The maximum Gasteiger partial charge on any atom is 0.161 e. The third kappa shape index (κ3) is 2.04. The molecule has 0 aromatic carbocycles. The van der Waals surface area contributed by atoms with Gasteiger partial charge >= 0.3 is 0 Å². The lowest BCUT2D eigenvalue weighted by Gasteiger charge is -1.86. The summed E-state index contributed by atoms with van der Waals surface area (Å²) in [5.74, 6) is 0.100. The second kappa shape index (κ2) is 2.97. The molecule has 1 aliphatic rings. The third-order valence-electron chi connectivity index (χ3n) is 0.963. The highest BCUT2D eigenvalue weighted by atomic mass is 16.1. The number of rotatable bonds is 0. The maximum atomic E-state index is 10.6. The van der Waals surface area contributed by atoms with Crippen molar-refractivity contribution in [3.05, 3.63) is 24.4 Å². The molecule has 2 heteroatoms. The van der Waals surface area contributed by atoms with E-state index in [1.165, 1.54) is 0 Å². The molecule has 0 bridgehead atoms. The van der Waals surface area contributed by atoms with Crippen LogP contribution in [-0.2, 0) is 4.79 Å². The van der Waals surface area contributed by atoms with E-state index in [2.05, 4.69) is 4.99 Å². The van der Waals surface area contributed by atoms with E-state index in [1.54, 1.807) is 30.6 Å². The number of aliphatic imine (C=N–C) groups is 1. The minimum absolute atomic E-state index is 0.100. The highest BCUT2D eigenvalue weighted by Gasteiger charge is 1.90. The Kier molecular flexibility index (Phi) is 1.96. The van der Waals surface area contributed by atoms with Gasteiger partial charge in [0, 0.05) is 18.8 Å². The molecule has 46 valence electrons. The normalized spacial score (nSPS) is 17.6. The van der Waals surface area contributed by atoms with Crippen molar-refractivity contribution in [3.63, 3.8) is 0 Å². The Bertz CT molecular complexity index is 189. The van der Waals surface area contributed by atoms with Gasteiger partial charge in [-0.3, -0.25) is 9.79 Å². The first-order valence-corrected chi connectivity index (χ1v) is 2.77. The standard InChI is InChI=1S/C7H7NO/c9-7-3-1-2-5-8-6-4-7/h1-3,5-6H,4H2. The Morgan fingerprint density at radius 1 is 1.44 bits per heavy atom. The van der Waals surface area contributed by atoms with Crippen molar-refractivity contribution in [3.8, 4) is 0 Å². The highest BCUT2D eigenvalue weighted by molar-refractivity contribution is 5.99. The molecule has 0 N–H and O–H groups in total. The van der Waals surface area contributed by atoms with Gasteiger partial charge < -0.3 is 0 Å². The molecule has 1 rings (SSSR count). The summed E-state index contributed by atoms with van der Waals surface area (Å²) in [6.07, 6.45) is 8.64. The molecule has 0 atom stereocenters. The molecule has 0 amide bonds. The van der Waals surface area contributed by atoms with Gasteiger partial charge in [-0.25, -0.2) is 0 Å². The van der Waals surface area contributed by atoms with Crippen LogP contribution < -0.4 is 0 Å².